The second kappa shape index (κ2) is 4.67. The first-order valence-corrected chi connectivity index (χ1v) is 7.22. The Labute approximate surface area is 119 Å². The lowest BCUT2D eigenvalue weighted by Gasteiger charge is -2.07. The molecule has 0 bridgehead atoms. The van der Waals surface area contributed by atoms with E-state index in [4.69, 9.17) is 9.84 Å². The molecule has 0 radical (unpaired) electrons. The summed E-state index contributed by atoms with van der Waals surface area (Å²) in [4.78, 5) is 14.9. The Morgan fingerprint density at radius 1 is 1.19 bits per heavy atom. The number of carboxylic acids is 1. The zero-order valence-corrected chi connectivity index (χ0v) is 11.2. The third-order valence-corrected chi connectivity index (χ3v) is 4.14. The third-order valence-electron chi connectivity index (χ3n) is 2.82. The summed E-state index contributed by atoms with van der Waals surface area (Å²) in [6, 6.07) is 7.41. The second-order valence-corrected chi connectivity index (χ2v) is 5.72. The molecule has 0 spiro atoms. The van der Waals surface area contributed by atoms with Crippen LogP contribution in [0.15, 0.2) is 52.0 Å². The van der Waals surface area contributed by atoms with Gasteiger partial charge in [-0.25, -0.2) is 4.79 Å². The van der Waals surface area contributed by atoms with Crippen molar-refractivity contribution in [3.63, 3.8) is 0 Å². The van der Waals surface area contributed by atoms with Gasteiger partial charge >= 0.3 is 5.97 Å². The monoisotopic (exact) mass is 304 g/mol. The number of ether oxygens (including phenoxy) is 1. The zero-order chi connectivity index (χ0) is 15.0. The highest BCUT2D eigenvalue weighted by atomic mass is 32.2. The van der Waals surface area contributed by atoms with Gasteiger partial charge in [-0.1, -0.05) is 12.1 Å². The number of carboxylic acid groups (broad SMARTS) is 1. The van der Waals surface area contributed by atoms with Crippen molar-refractivity contribution in [2.24, 2.45) is 4.40 Å². The Morgan fingerprint density at radius 3 is 2.71 bits per heavy atom. The van der Waals surface area contributed by atoms with Gasteiger partial charge in [0.2, 0.25) is 5.90 Å². The number of carbonyl (C=O) groups is 1. The lowest BCUT2D eigenvalue weighted by molar-refractivity contribution is 0.0694. The first-order valence-electron chi connectivity index (χ1n) is 5.78. The zero-order valence-electron chi connectivity index (χ0n) is 10.4. The number of rotatable bonds is 2. The van der Waals surface area contributed by atoms with Crippen LogP contribution in [0.2, 0.25) is 0 Å². The molecule has 1 N–H and O–H groups in total. The largest absolute Gasteiger partial charge is 0.478 e. The molecule has 8 heteroatoms. The van der Waals surface area contributed by atoms with Crippen LogP contribution >= 0.6 is 0 Å². The van der Waals surface area contributed by atoms with E-state index in [0.717, 1.165) is 0 Å². The van der Waals surface area contributed by atoms with Gasteiger partial charge in [-0.2, -0.15) is 8.42 Å². The summed E-state index contributed by atoms with van der Waals surface area (Å²) in [5, 5.41) is 9.07. The van der Waals surface area contributed by atoms with E-state index in [-0.39, 0.29) is 27.7 Å². The van der Waals surface area contributed by atoms with Crippen molar-refractivity contribution in [3.8, 4) is 5.75 Å². The topological polar surface area (TPSA) is 106 Å². The van der Waals surface area contributed by atoms with E-state index in [1.165, 1.54) is 30.6 Å². The van der Waals surface area contributed by atoms with Gasteiger partial charge in [-0.05, 0) is 18.2 Å². The molecule has 2 aromatic rings. The lowest BCUT2D eigenvalue weighted by Crippen LogP contribution is -2.11. The molecule has 0 unspecified atom stereocenters. The fraction of sp³-hybridized carbons (Fsp3) is 0. The summed E-state index contributed by atoms with van der Waals surface area (Å²) in [5.41, 5.74) is 0.159. The number of benzene rings is 1. The normalized spacial score (nSPS) is 15.1. The van der Waals surface area contributed by atoms with Crippen LogP contribution in [-0.4, -0.2) is 30.4 Å². The molecule has 1 aromatic heterocycles. The van der Waals surface area contributed by atoms with Crippen molar-refractivity contribution in [2.45, 2.75) is 4.90 Å². The summed E-state index contributed by atoms with van der Waals surface area (Å²) in [5.74, 6) is -1.45. The molecule has 3 rings (SSSR count). The van der Waals surface area contributed by atoms with Crippen molar-refractivity contribution in [3.05, 3.63) is 53.9 Å². The predicted molar refractivity (Wildman–Crippen MR) is 72.0 cm³/mol. The van der Waals surface area contributed by atoms with Crippen LogP contribution in [0.5, 0.6) is 5.75 Å². The lowest BCUT2D eigenvalue weighted by atomic mass is 10.2. The summed E-state index contributed by atoms with van der Waals surface area (Å²) in [6.07, 6.45) is 2.50. The minimum atomic E-state index is -3.81. The van der Waals surface area contributed by atoms with Crippen LogP contribution in [0.3, 0.4) is 0 Å². The van der Waals surface area contributed by atoms with Crippen molar-refractivity contribution < 1.29 is 23.1 Å². The third kappa shape index (κ3) is 2.25. The fourth-order valence-electron chi connectivity index (χ4n) is 1.89. The summed E-state index contributed by atoms with van der Waals surface area (Å²) < 4.78 is 32.6. The number of aromatic nitrogens is 1. The molecule has 0 fully saturated rings. The number of pyridine rings is 1. The fourth-order valence-corrected chi connectivity index (χ4v) is 3.03. The molecule has 0 saturated carbocycles. The van der Waals surface area contributed by atoms with Crippen molar-refractivity contribution in [2.75, 3.05) is 0 Å². The number of nitrogens with zero attached hydrogens (tertiary/aromatic N) is 2. The first kappa shape index (κ1) is 13.3. The maximum absolute atomic E-state index is 11.9. The average molecular weight is 304 g/mol. The average Bonchev–Trinajstić information content (AvgIpc) is 2.71. The van der Waals surface area contributed by atoms with E-state index in [9.17, 15) is 13.2 Å². The highest BCUT2D eigenvalue weighted by Gasteiger charge is 2.30. The van der Waals surface area contributed by atoms with Crippen molar-refractivity contribution in [1.29, 1.82) is 0 Å². The number of sulfonamides is 1. The van der Waals surface area contributed by atoms with Gasteiger partial charge in [-0.15, -0.1) is 4.40 Å². The van der Waals surface area contributed by atoms with Crippen molar-refractivity contribution >= 4 is 21.9 Å². The molecule has 1 aliphatic rings. The highest BCUT2D eigenvalue weighted by Crippen LogP contribution is 2.28. The molecule has 1 aliphatic heterocycles. The molecule has 21 heavy (non-hydrogen) atoms. The Kier molecular flexibility index (Phi) is 2.95. The van der Waals surface area contributed by atoms with E-state index in [0.29, 0.717) is 0 Å². The molecule has 0 saturated heterocycles. The molecule has 0 atom stereocenters. The maximum atomic E-state index is 11.9. The number of aromatic carboxylic acids is 1. The van der Waals surface area contributed by atoms with Gasteiger partial charge in [0.1, 0.15) is 10.5 Å². The molecule has 0 amide bonds. The molecular weight excluding hydrogens is 296 g/mol. The van der Waals surface area contributed by atoms with Gasteiger partial charge in [0, 0.05) is 6.20 Å². The molecule has 1 aromatic carbocycles. The van der Waals surface area contributed by atoms with Crippen LogP contribution in [0, 0.1) is 0 Å². The van der Waals surface area contributed by atoms with Gasteiger partial charge < -0.3 is 9.84 Å². The van der Waals surface area contributed by atoms with Crippen LogP contribution < -0.4 is 4.74 Å². The Bertz CT molecular complexity index is 874. The van der Waals surface area contributed by atoms with E-state index >= 15 is 0 Å². The van der Waals surface area contributed by atoms with Crippen LogP contribution in [0.1, 0.15) is 15.9 Å². The second-order valence-electron chi connectivity index (χ2n) is 4.15. The number of hydrogen-bond acceptors (Lipinski definition) is 5. The number of fused-ring (bicyclic) bond motifs is 1. The minimum absolute atomic E-state index is 0.0285. The van der Waals surface area contributed by atoms with E-state index in [1.54, 1.807) is 12.1 Å². The van der Waals surface area contributed by atoms with E-state index in [2.05, 4.69) is 9.38 Å². The van der Waals surface area contributed by atoms with Crippen LogP contribution in [0.25, 0.3) is 0 Å². The van der Waals surface area contributed by atoms with Gasteiger partial charge in [0.05, 0.1) is 11.8 Å². The Morgan fingerprint density at radius 2 is 1.95 bits per heavy atom. The smallest absolute Gasteiger partial charge is 0.339 e. The first-order chi connectivity index (χ1) is 9.99. The Hall–Kier alpha value is -2.74. The molecule has 0 aliphatic carbocycles. The minimum Gasteiger partial charge on any atom is -0.478 e. The van der Waals surface area contributed by atoms with Gasteiger partial charge in [-0.3, -0.25) is 4.98 Å². The van der Waals surface area contributed by atoms with Crippen molar-refractivity contribution in [1.82, 2.24) is 4.98 Å². The predicted octanol–water partition coefficient (Wildman–Crippen LogP) is 1.31. The molecule has 7 nitrogen and oxygen atoms in total. The quantitative estimate of drug-likeness (QED) is 0.896. The summed E-state index contributed by atoms with van der Waals surface area (Å²) in [6.45, 7) is 0. The summed E-state index contributed by atoms with van der Waals surface area (Å²) in [7, 11) is -3.81. The van der Waals surface area contributed by atoms with E-state index in [1.807, 2.05) is 0 Å². The Balaban J connectivity index is 2.07. The highest BCUT2D eigenvalue weighted by molar-refractivity contribution is 7.90. The molecule has 106 valence electrons. The molecule has 2 heterocycles. The number of hydrogen-bond donors (Lipinski definition) is 1. The standard InChI is InChI=1S/C13H8N2O5S/c16-13(17)8-5-6-14-7-10(8)20-12-9-3-1-2-4-11(9)21(18,19)15-12/h1-7H,(H,16,17). The van der Waals surface area contributed by atoms with Gasteiger partial charge in [0.15, 0.2) is 5.75 Å². The SMILES string of the molecule is O=C(O)c1ccncc1OC1=NS(=O)(=O)c2ccccc21. The molecular formula is C13H8N2O5S. The van der Waals surface area contributed by atoms with Crippen LogP contribution in [0.4, 0.5) is 0 Å². The summed E-state index contributed by atoms with van der Waals surface area (Å²) >= 11 is 0. The van der Waals surface area contributed by atoms with Gasteiger partial charge in [0.25, 0.3) is 10.0 Å². The maximum Gasteiger partial charge on any atom is 0.339 e. The van der Waals surface area contributed by atoms with E-state index < -0.39 is 16.0 Å². The van der Waals surface area contributed by atoms with Crippen LogP contribution in [-0.2, 0) is 10.0 Å².